The number of para-hydroxylation sites is 1. The predicted octanol–water partition coefficient (Wildman–Crippen LogP) is 0.738. The summed E-state index contributed by atoms with van der Waals surface area (Å²) < 4.78 is 18.7. The molecule has 1 saturated heterocycles. The zero-order chi connectivity index (χ0) is 15.2. The van der Waals surface area contributed by atoms with E-state index in [1.807, 2.05) is 0 Å². The number of amides is 1. The van der Waals surface area contributed by atoms with Crippen LogP contribution in [-0.2, 0) is 9.53 Å². The van der Waals surface area contributed by atoms with Gasteiger partial charge in [-0.25, -0.2) is 4.39 Å². The monoisotopic (exact) mass is 310 g/mol. The van der Waals surface area contributed by atoms with Crippen LogP contribution in [-0.4, -0.2) is 47.8 Å². The van der Waals surface area contributed by atoms with Gasteiger partial charge < -0.3 is 15.4 Å². The molecule has 1 aromatic rings. The third-order valence-corrected chi connectivity index (χ3v) is 3.09. The maximum absolute atomic E-state index is 13.5. The normalized spacial score (nSPS) is 15.7. The topological polar surface area (TPSA) is 79.9 Å². The predicted molar refractivity (Wildman–Crippen MR) is 81.6 cm³/mol. The van der Waals surface area contributed by atoms with Crippen LogP contribution in [0.25, 0.3) is 0 Å². The average molecular weight is 310 g/mol. The van der Waals surface area contributed by atoms with Gasteiger partial charge in [0, 0.05) is 13.1 Å². The van der Waals surface area contributed by atoms with Crippen LogP contribution >= 0.6 is 12.2 Å². The molecule has 0 atom stereocenters. The van der Waals surface area contributed by atoms with Gasteiger partial charge in [-0.2, -0.15) is 5.10 Å². The first kappa shape index (κ1) is 15.3. The summed E-state index contributed by atoms with van der Waals surface area (Å²) >= 11 is 4.85. The van der Waals surface area contributed by atoms with Crippen LogP contribution in [0.4, 0.5) is 10.1 Å². The number of anilines is 1. The molecule has 6 nitrogen and oxygen atoms in total. The summed E-state index contributed by atoms with van der Waals surface area (Å²) in [5, 5.41) is 3.86. The quantitative estimate of drug-likeness (QED) is 0.487. The van der Waals surface area contributed by atoms with Gasteiger partial charge in [0.15, 0.2) is 5.71 Å². The smallest absolute Gasteiger partial charge is 0.277 e. The molecule has 112 valence electrons. The van der Waals surface area contributed by atoms with Gasteiger partial charge in [-0.15, -0.1) is 0 Å². The Hall–Kier alpha value is -2.06. The van der Waals surface area contributed by atoms with Crippen LogP contribution in [0.5, 0.6) is 0 Å². The lowest BCUT2D eigenvalue weighted by atomic mass is 10.3. The highest BCUT2D eigenvalue weighted by molar-refractivity contribution is 7.82. The Morgan fingerprint density at radius 3 is 2.67 bits per heavy atom. The third-order valence-electron chi connectivity index (χ3n) is 2.90. The number of rotatable bonds is 4. The molecule has 1 fully saturated rings. The lowest BCUT2D eigenvalue weighted by Gasteiger charge is -2.26. The number of morpholine rings is 1. The highest BCUT2D eigenvalue weighted by atomic mass is 32.1. The standard InChI is InChI=1S/C13H15FN4O2S/c14-9-3-1-2-4-10(9)16-17-11(12(15)21)13(19)18-5-7-20-8-6-18/h1-4,16H,5-8H2,(H2,15,21)/b17-11-. The van der Waals surface area contributed by atoms with E-state index in [4.69, 9.17) is 22.7 Å². The van der Waals surface area contributed by atoms with Gasteiger partial charge in [0.1, 0.15) is 10.8 Å². The van der Waals surface area contributed by atoms with Crippen molar-refractivity contribution in [2.24, 2.45) is 10.8 Å². The molecular formula is C13H15FN4O2S. The Kier molecular flexibility index (Phi) is 5.18. The molecule has 3 N–H and O–H groups in total. The Bertz CT molecular complexity index is 573. The molecule has 21 heavy (non-hydrogen) atoms. The number of hydrazone groups is 1. The van der Waals surface area contributed by atoms with Gasteiger partial charge >= 0.3 is 0 Å². The molecule has 0 aromatic heterocycles. The van der Waals surface area contributed by atoms with E-state index < -0.39 is 11.7 Å². The second-order valence-electron chi connectivity index (χ2n) is 4.32. The van der Waals surface area contributed by atoms with Gasteiger partial charge in [0.25, 0.3) is 5.91 Å². The number of nitrogens with two attached hydrogens (primary N) is 1. The van der Waals surface area contributed by atoms with E-state index in [-0.39, 0.29) is 16.4 Å². The molecular weight excluding hydrogens is 295 g/mol. The molecule has 1 aliphatic heterocycles. The number of carbonyl (C=O) groups is 1. The van der Waals surface area contributed by atoms with Gasteiger partial charge in [-0.3, -0.25) is 10.2 Å². The number of hydrogen-bond acceptors (Lipinski definition) is 5. The van der Waals surface area contributed by atoms with Crippen LogP contribution in [0.1, 0.15) is 0 Å². The van der Waals surface area contributed by atoms with Crippen molar-refractivity contribution in [1.82, 2.24) is 4.90 Å². The van der Waals surface area contributed by atoms with E-state index in [2.05, 4.69) is 10.5 Å². The van der Waals surface area contributed by atoms with Crippen LogP contribution in [0.3, 0.4) is 0 Å². The van der Waals surface area contributed by atoms with Crippen molar-refractivity contribution in [2.75, 3.05) is 31.7 Å². The molecule has 0 unspecified atom stereocenters. The Morgan fingerprint density at radius 1 is 1.38 bits per heavy atom. The lowest BCUT2D eigenvalue weighted by Crippen LogP contribution is -2.47. The summed E-state index contributed by atoms with van der Waals surface area (Å²) in [5.41, 5.74) is 8.05. The molecule has 0 aliphatic carbocycles. The Balaban J connectivity index is 2.14. The van der Waals surface area contributed by atoms with Crippen molar-refractivity contribution in [3.05, 3.63) is 30.1 Å². The molecule has 0 bridgehead atoms. The third kappa shape index (κ3) is 3.96. The highest BCUT2D eigenvalue weighted by Gasteiger charge is 2.24. The fourth-order valence-corrected chi connectivity index (χ4v) is 1.93. The number of halogens is 1. The molecule has 1 amide bonds. The Labute approximate surface area is 126 Å². The lowest BCUT2D eigenvalue weighted by molar-refractivity contribution is -0.127. The van der Waals surface area contributed by atoms with Crippen LogP contribution in [0.2, 0.25) is 0 Å². The molecule has 8 heteroatoms. The van der Waals surface area contributed by atoms with Gasteiger partial charge in [-0.1, -0.05) is 24.4 Å². The van der Waals surface area contributed by atoms with Crippen molar-refractivity contribution < 1.29 is 13.9 Å². The molecule has 1 aliphatic rings. The first-order chi connectivity index (χ1) is 10.1. The molecule has 1 aromatic carbocycles. The number of carbonyl (C=O) groups excluding carboxylic acids is 1. The van der Waals surface area contributed by atoms with Gasteiger partial charge in [0.2, 0.25) is 0 Å². The SMILES string of the molecule is NC(=S)/C(=N/Nc1ccccc1F)C(=O)N1CCOCC1. The minimum Gasteiger partial charge on any atom is -0.388 e. The number of nitrogens with zero attached hydrogens (tertiary/aromatic N) is 2. The second-order valence-corrected chi connectivity index (χ2v) is 4.76. The summed E-state index contributed by atoms with van der Waals surface area (Å²) in [4.78, 5) is 13.7. The first-order valence-electron chi connectivity index (χ1n) is 6.34. The number of thiocarbonyl (C=S) groups is 1. The first-order valence-corrected chi connectivity index (χ1v) is 6.75. The number of hydrogen-bond donors (Lipinski definition) is 2. The van der Waals surface area contributed by atoms with Crippen molar-refractivity contribution in [2.45, 2.75) is 0 Å². The molecule has 0 radical (unpaired) electrons. The van der Waals surface area contributed by atoms with E-state index in [9.17, 15) is 9.18 Å². The van der Waals surface area contributed by atoms with Crippen LogP contribution in [0.15, 0.2) is 29.4 Å². The summed E-state index contributed by atoms with van der Waals surface area (Å²) in [7, 11) is 0. The van der Waals surface area contributed by atoms with E-state index in [0.29, 0.717) is 26.3 Å². The molecule has 0 spiro atoms. The zero-order valence-corrected chi connectivity index (χ0v) is 12.0. The Morgan fingerprint density at radius 2 is 2.05 bits per heavy atom. The minimum absolute atomic E-state index is 0.102. The van der Waals surface area contributed by atoms with E-state index >= 15 is 0 Å². The van der Waals surface area contributed by atoms with Crippen molar-refractivity contribution in [1.29, 1.82) is 0 Å². The van der Waals surface area contributed by atoms with Crippen LogP contribution < -0.4 is 11.2 Å². The van der Waals surface area contributed by atoms with Gasteiger partial charge in [0.05, 0.1) is 18.9 Å². The summed E-state index contributed by atoms with van der Waals surface area (Å²) in [6.07, 6.45) is 0. The minimum atomic E-state index is -0.484. The molecule has 2 rings (SSSR count). The summed E-state index contributed by atoms with van der Waals surface area (Å²) in [6, 6.07) is 5.97. The van der Waals surface area contributed by atoms with Crippen molar-refractivity contribution in [3.63, 3.8) is 0 Å². The molecule has 0 saturated carbocycles. The van der Waals surface area contributed by atoms with Crippen molar-refractivity contribution in [3.8, 4) is 0 Å². The van der Waals surface area contributed by atoms with E-state index in [0.717, 1.165) is 0 Å². The highest BCUT2D eigenvalue weighted by Crippen LogP contribution is 2.12. The fraction of sp³-hybridized carbons (Fsp3) is 0.308. The van der Waals surface area contributed by atoms with Gasteiger partial charge in [-0.05, 0) is 12.1 Å². The second kappa shape index (κ2) is 7.09. The van der Waals surface area contributed by atoms with Crippen molar-refractivity contribution >= 4 is 34.5 Å². The number of ether oxygens (including phenoxy) is 1. The number of benzene rings is 1. The van der Waals surface area contributed by atoms with E-state index in [1.54, 1.807) is 17.0 Å². The molecule has 1 heterocycles. The fourth-order valence-electron chi connectivity index (χ4n) is 1.79. The summed E-state index contributed by atoms with van der Waals surface area (Å²) in [6.45, 7) is 1.80. The maximum atomic E-state index is 13.5. The number of nitrogens with one attached hydrogen (secondary N) is 1. The summed E-state index contributed by atoms with van der Waals surface area (Å²) in [5.74, 6) is -0.878. The maximum Gasteiger partial charge on any atom is 0.277 e. The zero-order valence-electron chi connectivity index (χ0n) is 11.2. The average Bonchev–Trinajstić information content (AvgIpc) is 2.49. The largest absolute Gasteiger partial charge is 0.388 e. The van der Waals surface area contributed by atoms with Crippen LogP contribution in [0, 0.1) is 5.82 Å². The van der Waals surface area contributed by atoms with E-state index in [1.165, 1.54) is 12.1 Å².